The monoisotopic (exact) mass is 386 g/mol. The Labute approximate surface area is 133 Å². The van der Waals surface area contributed by atoms with E-state index in [2.05, 4.69) is 20.9 Å². The summed E-state index contributed by atoms with van der Waals surface area (Å²) in [5.74, 6) is 0.804. The third-order valence-corrected chi connectivity index (χ3v) is 2.21. The van der Waals surface area contributed by atoms with Crippen molar-refractivity contribution in [1.82, 2.24) is 16.0 Å². The van der Waals surface area contributed by atoms with Gasteiger partial charge in [0.25, 0.3) is 0 Å². The molecule has 0 fully saturated rings. The van der Waals surface area contributed by atoms with Gasteiger partial charge in [0, 0.05) is 39.2 Å². The van der Waals surface area contributed by atoms with E-state index < -0.39 is 0 Å². The molecular formula is C12H27IN4O2. The van der Waals surface area contributed by atoms with E-state index in [1.165, 1.54) is 0 Å². The van der Waals surface area contributed by atoms with Crippen molar-refractivity contribution in [1.29, 1.82) is 0 Å². The number of guanidine groups is 1. The first-order chi connectivity index (χ1) is 8.61. The summed E-state index contributed by atoms with van der Waals surface area (Å²) < 4.78 is 5.21. The van der Waals surface area contributed by atoms with Crippen LogP contribution in [-0.4, -0.2) is 51.8 Å². The second-order valence-corrected chi connectivity index (χ2v) is 4.07. The fraction of sp³-hybridized carbons (Fsp3) is 0.833. The van der Waals surface area contributed by atoms with E-state index in [0.717, 1.165) is 6.61 Å². The van der Waals surface area contributed by atoms with Crippen LogP contribution in [0.5, 0.6) is 0 Å². The molecule has 0 aromatic rings. The molecule has 0 spiro atoms. The molecule has 0 aromatic heterocycles. The number of hydrogen-bond acceptors (Lipinski definition) is 3. The number of carbonyl (C=O) groups is 1. The van der Waals surface area contributed by atoms with Crippen LogP contribution < -0.4 is 16.0 Å². The van der Waals surface area contributed by atoms with Crippen molar-refractivity contribution in [2.24, 2.45) is 10.9 Å². The Bertz CT molecular complexity index is 260. The van der Waals surface area contributed by atoms with Gasteiger partial charge in [0.1, 0.15) is 0 Å². The molecule has 1 amide bonds. The Kier molecular flexibility index (Phi) is 15.1. The first-order valence-corrected chi connectivity index (χ1v) is 6.41. The van der Waals surface area contributed by atoms with Gasteiger partial charge in [0.15, 0.2) is 5.96 Å². The molecule has 0 aliphatic rings. The Balaban J connectivity index is 0. The van der Waals surface area contributed by atoms with Gasteiger partial charge in [0.2, 0.25) is 5.91 Å². The minimum atomic E-state index is 0. The predicted molar refractivity (Wildman–Crippen MR) is 89.1 cm³/mol. The topological polar surface area (TPSA) is 74.8 Å². The van der Waals surface area contributed by atoms with Gasteiger partial charge in [-0.25, -0.2) is 0 Å². The summed E-state index contributed by atoms with van der Waals surface area (Å²) in [5.41, 5.74) is 0. The Morgan fingerprint density at radius 1 is 1.16 bits per heavy atom. The minimum Gasteiger partial charge on any atom is -0.380 e. The number of rotatable bonds is 8. The van der Waals surface area contributed by atoms with Crippen molar-refractivity contribution in [3.63, 3.8) is 0 Å². The maximum Gasteiger partial charge on any atom is 0.222 e. The summed E-state index contributed by atoms with van der Waals surface area (Å²) in [6.45, 7) is 9.02. The summed E-state index contributed by atoms with van der Waals surface area (Å²) in [6.07, 6.45) is 0. The molecule has 19 heavy (non-hydrogen) atoms. The van der Waals surface area contributed by atoms with Crippen LogP contribution in [0.1, 0.15) is 20.8 Å². The van der Waals surface area contributed by atoms with E-state index in [9.17, 15) is 4.79 Å². The van der Waals surface area contributed by atoms with Crippen LogP contribution in [0.3, 0.4) is 0 Å². The smallest absolute Gasteiger partial charge is 0.222 e. The lowest BCUT2D eigenvalue weighted by Gasteiger charge is -2.12. The number of ether oxygens (including phenoxy) is 1. The highest BCUT2D eigenvalue weighted by Crippen LogP contribution is 1.88. The summed E-state index contributed by atoms with van der Waals surface area (Å²) in [7, 11) is 1.71. The molecule has 0 radical (unpaired) electrons. The first-order valence-electron chi connectivity index (χ1n) is 6.41. The van der Waals surface area contributed by atoms with E-state index in [4.69, 9.17) is 4.74 Å². The lowest BCUT2D eigenvalue weighted by Crippen LogP contribution is -2.43. The molecule has 0 atom stereocenters. The molecule has 0 rings (SSSR count). The molecule has 0 unspecified atom stereocenters. The normalized spacial score (nSPS) is 10.9. The highest BCUT2D eigenvalue weighted by molar-refractivity contribution is 14.0. The average molecular weight is 386 g/mol. The van der Waals surface area contributed by atoms with Gasteiger partial charge in [-0.15, -0.1) is 24.0 Å². The van der Waals surface area contributed by atoms with E-state index >= 15 is 0 Å². The van der Waals surface area contributed by atoms with Crippen LogP contribution in [0.2, 0.25) is 0 Å². The van der Waals surface area contributed by atoms with Gasteiger partial charge >= 0.3 is 0 Å². The highest BCUT2D eigenvalue weighted by atomic mass is 127. The van der Waals surface area contributed by atoms with E-state index in [-0.39, 0.29) is 35.8 Å². The van der Waals surface area contributed by atoms with Crippen LogP contribution in [-0.2, 0) is 9.53 Å². The average Bonchev–Trinajstić information content (AvgIpc) is 2.36. The molecule has 0 aromatic carbocycles. The van der Waals surface area contributed by atoms with Crippen LogP contribution >= 0.6 is 24.0 Å². The number of nitrogens with one attached hydrogen (secondary N) is 3. The Hall–Kier alpha value is -0.570. The second kappa shape index (κ2) is 13.9. The molecule has 0 aliphatic heterocycles. The molecule has 0 heterocycles. The van der Waals surface area contributed by atoms with Gasteiger partial charge in [-0.05, 0) is 6.92 Å². The molecule has 0 saturated heterocycles. The molecule has 6 nitrogen and oxygen atoms in total. The fourth-order valence-corrected chi connectivity index (χ4v) is 1.18. The zero-order valence-corrected chi connectivity index (χ0v) is 14.6. The van der Waals surface area contributed by atoms with Crippen molar-refractivity contribution in [2.45, 2.75) is 20.8 Å². The van der Waals surface area contributed by atoms with E-state index in [1.54, 1.807) is 7.05 Å². The maximum absolute atomic E-state index is 11.3. The fourth-order valence-electron chi connectivity index (χ4n) is 1.18. The van der Waals surface area contributed by atoms with Crippen molar-refractivity contribution < 1.29 is 9.53 Å². The van der Waals surface area contributed by atoms with Crippen LogP contribution in [0.25, 0.3) is 0 Å². The quantitative estimate of drug-likeness (QED) is 0.247. The summed E-state index contributed by atoms with van der Waals surface area (Å²) in [6, 6.07) is 0. The number of aliphatic imine (C=N–C) groups is 1. The first kappa shape index (κ1) is 20.7. The third-order valence-electron chi connectivity index (χ3n) is 2.21. The maximum atomic E-state index is 11.3. The van der Waals surface area contributed by atoms with Gasteiger partial charge in [-0.1, -0.05) is 13.8 Å². The molecule has 0 aliphatic carbocycles. The molecule has 0 bridgehead atoms. The SMILES string of the molecule is CCOCCNC(=NC)NCCNC(=O)C(C)C.I. The highest BCUT2D eigenvalue weighted by Gasteiger charge is 2.04. The number of carbonyl (C=O) groups excluding carboxylic acids is 1. The molecule has 3 N–H and O–H groups in total. The molecule has 0 saturated carbocycles. The third kappa shape index (κ3) is 12.2. The number of nitrogens with zero attached hydrogens (tertiary/aromatic N) is 1. The second-order valence-electron chi connectivity index (χ2n) is 4.07. The van der Waals surface area contributed by atoms with Gasteiger partial charge in [-0.2, -0.15) is 0 Å². The van der Waals surface area contributed by atoms with Gasteiger partial charge in [0.05, 0.1) is 6.61 Å². The lowest BCUT2D eigenvalue weighted by molar-refractivity contribution is -0.123. The molecule has 7 heteroatoms. The van der Waals surface area contributed by atoms with Crippen LogP contribution in [0.15, 0.2) is 4.99 Å². The lowest BCUT2D eigenvalue weighted by atomic mass is 10.2. The number of amides is 1. The van der Waals surface area contributed by atoms with Crippen LogP contribution in [0, 0.1) is 5.92 Å². The van der Waals surface area contributed by atoms with Gasteiger partial charge < -0.3 is 20.7 Å². The number of hydrogen-bond donors (Lipinski definition) is 3. The van der Waals surface area contributed by atoms with Gasteiger partial charge in [-0.3, -0.25) is 9.79 Å². The molecule has 114 valence electrons. The predicted octanol–water partition coefficient (Wildman–Crippen LogP) is 0.578. The van der Waals surface area contributed by atoms with Crippen molar-refractivity contribution in [3.05, 3.63) is 0 Å². The zero-order chi connectivity index (χ0) is 13.8. The van der Waals surface area contributed by atoms with E-state index in [0.29, 0.717) is 32.2 Å². The standard InChI is InChI=1S/C12H26N4O2.HI/c1-5-18-9-8-16-12(13-4)15-7-6-14-11(17)10(2)3;/h10H,5-9H2,1-4H3,(H,14,17)(H2,13,15,16);1H. The Morgan fingerprint density at radius 2 is 1.74 bits per heavy atom. The minimum absolute atomic E-state index is 0. The van der Waals surface area contributed by atoms with Crippen molar-refractivity contribution in [2.75, 3.05) is 39.9 Å². The van der Waals surface area contributed by atoms with Crippen molar-refractivity contribution in [3.8, 4) is 0 Å². The largest absolute Gasteiger partial charge is 0.380 e. The summed E-state index contributed by atoms with van der Waals surface area (Å²) >= 11 is 0. The van der Waals surface area contributed by atoms with Crippen LogP contribution in [0.4, 0.5) is 0 Å². The summed E-state index contributed by atoms with van der Waals surface area (Å²) in [4.78, 5) is 15.4. The Morgan fingerprint density at radius 3 is 2.26 bits per heavy atom. The van der Waals surface area contributed by atoms with Crippen molar-refractivity contribution >= 4 is 35.8 Å². The summed E-state index contributed by atoms with van der Waals surface area (Å²) in [5, 5.41) is 9.05. The number of halogens is 1. The molecular weight excluding hydrogens is 359 g/mol. The zero-order valence-electron chi connectivity index (χ0n) is 12.3. The van der Waals surface area contributed by atoms with E-state index in [1.807, 2.05) is 20.8 Å².